The maximum Gasteiger partial charge on any atom is 0.419 e. The van der Waals surface area contributed by atoms with Crippen LogP contribution in [0.15, 0.2) is 32.3 Å². The number of methoxy groups -OCH3 is 2. The monoisotopic (exact) mass is 401 g/mol. The number of rotatable bonds is 10. The standard InChI is InChI=1S/C16H23N3O7S/c1-24-9-7-18(8-10-25-2)15(20)5-6-19-13-4-3-12(27(17,22)23)11-14(13)26-16(19)21/h3-4,11H,5-10H2,1-2H3,(H2,17,22,23). The molecule has 1 heterocycles. The van der Waals surface area contributed by atoms with E-state index in [9.17, 15) is 18.0 Å². The highest BCUT2D eigenvalue weighted by molar-refractivity contribution is 7.89. The number of hydrogen-bond acceptors (Lipinski definition) is 7. The predicted molar refractivity (Wildman–Crippen MR) is 96.8 cm³/mol. The number of hydrogen-bond donors (Lipinski definition) is 1. The van der Waals surface area contributed by atoms with Crippen LogP contribution in [0.4, 0.5) is 0 Å². The first-order chi connectivity index (χ1) is 12.8. The van der Waals surface area contributed by atoms with Crippen LogP contribution in [0.3, 0.4) is 0 Å². The summed E-state index contributed by atoms with van der Waals surface area (Å²) in [6.45, 7) is 1.70. The van der Waals surface area contributed by atoms with Gasteiger partial charge in [0.2, 0.25) is 15.9 Å². The van der Waals surface area contributed by atoms with E-state index in [1.165, 1.54) is 22.8 Å². The molecule has 0 saturated carbocycles. The molecule has 2 N–H and O–H groups in total. The fraction of sp³-hybridized carbons (Fsp3) is 0.500. The van der Waals surface area contributed by atoms with Crippen LogP contribution >= 0.6 is 0 Å². The summed E-state index contributed by atoms with van der Waals surface area (Å²) in [5, 5.41) is 5.08. The van der Waals surface area contributed by atoms with Crippen molar-refractivity contribution >= 4 is 27.0 Å². The first-order valence-corrected chi connectivity index (χ1v) is 9.74. The van der Waals surface area contributed by atoms with Gasteiger partial charge in [-0.2, -0.15) is 0 Å². The Bertz CT molecular complexity index is 941. The fourth-order valence-corrected chi connectivity index (χ4v) is 3.09. The Hall–Kier alpha value is -2.21. The lowest BCUT2D eigenvalue weighted by atomic mass is 10.3. The minimum absolute atomic E-state index is 0.0684. The minimum atomic E-state index is -3.91. The molecule has 27 heavy (non-hydrogen) atoms. The average Bonchev–Trinajstić information content (AvgIpc) is 2.93. The van der Waals surface area contributed by atoms with Gasteiger partial charge in [-0.15, -0.1) is 0 Å². The van der Waals surface area contributed by atoms with Gasteiger partial charge >= 0.3 is 5.76 Å². The zero-order valence-corrected chi connectivity index (χ0v) is 16.0. The summed E-state index contributed by atoms with van der Waals surface area (Å²) in [7, 11) is -0.813. The van der Waals surface area contributed by atoms with E-state index in [4.69, 9.17) is 19.0 Å². The van der Waals surface area contributed by atoms with E-state index in [1.807, 2.05) is 0 Å². The molecule has 11 heteroatoms. The van der Waals surface area contributed by atoms with Gasteiger partial charge in [0.25, 0.3) is 0 Å². The average molecular weight is 401 g/mol. The summed E-state index contributed by atoms with van der Waals surface area (Å²) >= 11 is 0. The number of amides is 1. The molecule has 0 aliphatic heterocycles. The number of nitrogens with two attached hydrogens (primary N) is 1. The summed E-state index contributed by atoms with van der Waals surface area (Å²) in [5.74, 6) is -0.837. The molecule has 0 fully saturated rings. The van der Waals surface area contributed by atoms with Gasteiger partial charge in [-0.1, -0.05) is 0 Å². The smallest absolute Gasteiger partial charge is 0.408 e. The molecule has 10 nitrogen and oxygen atoms in total. The zero-order valence-electron chi connectivity index (χ0n) is 15.2. The van der Waals surface area contributed by atoms with E-state index in [1.54, 1.807) is 19.1 Å². The van der Waals surface area contributed by atoms with Crippen molar-refractivity contribution in [2.24, 2.45) is 5.14 Å². The number of carbonyl (C=O) groups excluding carboxylic acids is 1. The summed E-state index contributed by atoms with van der Waals surface area (Å²) in [4.78, 5) is 26.0. The Morgan fingerprint density at radius 3 is 2.41 bits per heavy atom. The van der Waals surface area contributed by atoms with E-state index in [2.05, 4.69) is 0 Å². The predicted octanol–water partition coefficient (Wildman–Crippen LogP) is -0.247. The topological polar surface area (TPSA) is 134 Å². The van der Waals surface area contributed by atoms with E-state index in [0.717, 1.165) is 0 Å². The Kier molecular flexibility index (Phi) is 7.13. The highest BCUT2D eigenvalue weighted by Gasteiger charge is 2.17. The Balaban J connectivity index is 2.16. The molecular formula is C16H23N3O7S. The number of carbonyl (C=O) groups is 1. The second-order valence-corrected chi connectivity index (χ2v) is 7.37. The van der Waals surface area contributed by atoms with Gasteiger partial charge in [0.05, 0.1) is 23.6 Å². The first-order valence-electron chi connectivity index (χ1n) is 8.19. The summed E-state index contributed by atoms with van der Waals surface area (Å²) < 4.78 is 39.2. The third-order valence-electron chi connectivity index (χ3n) is 4.00. The second kappa shape index (κ2) is 9.13. The third-order valence-corrected chi connectivity index (χ3v) is 4.91. The molecule has 0 spiro atoms. The van der Waals surface area contributed by atoms with Crippen molar-refractivity contribution in [1.82, 2.24) is 9.47 Å². The van der Waals surface area contributed by atoms with Crippen molar-refractivity contribution < 1.29 is 27.1 Å². The summed E-state index contributed by atoms with van der Waals surface area (Å²) in [5.41, 5.74) is 0.482. The second-order valence-electron chi connectivity index (χ2n) is 5.81. The van der Waals surface area contributed by atoms with Gasteiger partial charge in [0.15, 0.2) is 5.58 Å². The lowest BCUT2D eigenvalue weighted by Gasteiger charge is -2.22. The molecule has 0 aliphatic rings. The molecule has 1 amide bonds. The minimum Gasteiger partial charge on any atom is -0.408 e. The van der Waals surface area contributed by atoms with Crippen LogP contribution in [-0.2, 0) is 30.8 Å². The van der Waals surface area contributed by atoms with Crippen LogP contribution in [0, 0.1) is 0 Å². The van der Waals surface area contributed by atoms with Crippen molar-refractivity contribution in [3.8, 4) is 0 Å². The van der Waals surface area contributed by atoms with Gasteiger partial charge in [0, 0.05) is 46.3 Å². The quantitative estimate of drug-likeness (QED) is 0.580. The molecule has 0 saturated heterocycles. The number of ether oxygens (including phenoxy) is 2. The summed E-state index contributed by atoms with van der Waals surface area (Å²) in [6.07, 6.45) is 0.0684. The number of benzene rings is 1. The number of oxazole rings is 1. The van der Waals surface area contributed by atoms with Gasteiger partial charge < -0.3 is 18.8 Å². The number of primary sulfonamides is 1. The van der Waals surface area contributed by atoms with Crippen molar-refractivity contribution in [3.63, 3.8) is 0 Å². The van der Waals surface area contributed by atoms with Crippen molar-refractivity contribution in [2.45, 2.75) is 17.9 Å². The molecule has 2 aromatic rings. The summed E-state index contributed by atoms with van der Waals surface area (Å²) in [6, 6.07) is 3.90. The molecule has 150 valence electrons. The number of fused-ring (bicyclic) bond motifs is 1. The van der Waals surface area contributed by atoms with E-state index >= 15 is 0 Å². The number of nitrogens with zero attached hydrogens (tertiary/aromatic N) is 2. The highest BCUT2D eigenvalue weighted by Crippen LogP contribution is 2.18. The maximum absolute atomic E-state index is 12.5. The molecule has 0 unspecified atom stereocenters. The molecule has 2 rings (SSSR count). The largest absolute Gasteiger partial charge is 0.419 e. The van der Waals surface area contributed by atoms with E-state index in [-0.39, 0.29) is 29.4 Å². The lowest BCUT2D eigenvalue weighted by molar-refractivity contribution is -0.132. The molecule has 1 aromatic heterocycles. The Morgan fingerprint density at radius 2 is 1.85 bits per heavy atom. The molecule has 0 aliphatic carbocycles. The van der Waals surface area contributed by atoms with Gasteiger partial charge in [-0.05, 0) is 12.1 Å². The third kappa shape index (κ3) is 5.39. The van der Waals surface area contributed by atoms with Crippen LogP contribution in [-0.4, -0.2) is 64.3 Å². The zero-order chi connectivity index (χ0) is 20.0. The normalized spacial score (nSPS) is 11.8. The molecule has 1 aromatic carbocycles. The lowest BCUT2D eigenvalue weighted by Crippen LogP contribution is -2.37. The molecule has 0 atom stereocenters. The Labute approximate surface area is 156 Å². The van der Waals surface area contributed by atoms with E-state index in [0.29, 0.717) is 31.8 Å². The fourth-order valence-electron chi connectivity index (χ4n) is 2.57. The van der Waals surface area contributed by atoms with Crippen LogP contribution < -0.4 is 10.9 Å². The van der Waals surface area contributed by atoms with Crippen molar-refractivity contribution in [2.75, 3.05) is 40.5 Å². The van der Waals surface area contributed by atoms with E-state index < -0.39 is 15.8 Å². The highest BCUT2D eigenvalue weighted by atomic mass is 32.2. The first kappa shape index (κ1) is 21.1. The number of aromatic nitrogens is 1. The van der Waals surface area contributed by atoms with Crippen LogP contribution in [0.2, 0.25) is 0 Å². The molecule has 0 radical (unpaired) electrons. The molecule has 0 bridgehead atoms. The number of sulfonamides is 1. The Morgan fingerprint density at radius 1 is 1.22 bits per heavy atom. The van der Waals surface area contributed by atoms with Crippen molar-refractivity contribution in [3.05, 3.63) is 28.7 Å². The van der Waals surface area contributed by atoms with Gasteiger partial charge in [0.1, 0.15) is 0 Å². The van der Waals surface area contributed by atoms with Crippen LogP contribution in [0.25, 0.3) is 11.1 Å². The molecular weight excluding hydrogens is 378 g/mol. The van der Waals surface area contributed by atoms with Crippen LogP contribution in [0.1, 0.15) is 6.42 Å². The van der Waals surface area contributed by atoms with Gasteiger partial charge in [-0.3, -0.25) is 9.36 Å². The van der Waals surface area contributed by atoms with Crippen LogP contribution in [0.5, 0.6) is 0 Å². The number of aryl methyl sites for hydroxylation is 1. The van der Waals surface area contributed by atoms with Gasteiger partial charge in [-0.25, -0.2) is 18.4 Å². The maximum atomic E-state index is 12.5. The van der Waals surface area contributed by atoms with Crippen molar-refractivity contribution in [1.29, 1.82) is 0 Å². The SMILES string of the molecule is COCCN(CCOC)C(=O)CCn1c(=O)oc2cc(S(N)(=O)=O)ccc21.